The second kappa shape index (κ2) is 6.99. The van der Waals surface area contributed by atoms with Crippen LogP contribution in [0.15, 0.2) is 53.7 Å². The summed E-state index contributed by atoms with van der Waals surface area (Å²) in [5.74, 6) is 0.473. The molecule has 0 N–H and O–H groups in total. The lowest BCUT2D eigenvalue weighted by Gasteiger charge is -2.16. The molecule has 0 spiro atoms. The Balaban J connectivity index is 0.000000921. The molecular weight excluding hydrogens is 182 g/mol. The van der Waals surface area contributed by atoms with Crippen molar-refractivity contribution in [2.75, 3.05) is 0 Å². The van der Waals surface area contributed by atoms with Gasteiger partial charge < -0.3 is 0 Å². The summed E-state index contributed by atoms with van der Waals surface area (Å²) in [7, 11) is 0. The maximum atomic E-state index is 4.23. The minimum Gasteiger partial charge on any atom is -0.257 e. The number of aliphatic imine (C=N–C) groups is 1. The first kappa shape index (κ1) is 13.6. The van der Waals surface area contributed by atoms with E-state index in [0.29, 0.717) is 5.92 Å². The molecule has 1 nitrogen and oxygen atoms in total. The zero-order valence-corrected chi connectivity index (χ0v) is 10.2. The van der Waals surface area contributed by atoms with Gasteiger partial charge in [0.15, 0.2) is 0 Å². The van der Waals surface area contributed by atoms with Crippen molar-refractivity contribution in [1.29, 1.82) is 0 Å². The van der Waals surface area contributed by atoms with Gasteiger partial charge in [-0.1, -0.05) is 59.1 Å². The van der Waals surface area contributed by atoms with Crippen LogP contribution in [0.3, 0.4) is 0 Å². The lowest BCUT2D eigenvalue weighted by Crippen LogP contribution is -2.11. The van der Waals surface area contributed by atoms with E-state index < -0.39 is 0 Å². The van der Waals surface area contributed by atoms with Gasteiger partial charge in [-0.05, 0) is 17.1 Å². The molecule has 0 saturated carbocycles. The molecule has 1 aliphatic carbocycles. The largest absolute Gasteiger partial charge is 0.257 e. The van der Waals surface area contributed by atoms with Gasteiger partial charge in [-0.2, -0.15) is 0 Å². The zero-order valence-electron chi connectivity index (χ0n) is 10.2. The fraction of sp³-hybridized carbons (Fsp3) is 0.357. The molecule has 0 aliphatic heterocycles. The molecule has 0 aromatic heterocycles. The second-order valence-corrected chi connectivity index (χ2v) is 3.32. The molecule has 0 aromatic rings. The Morgan fingerprint density at radius 3 is 2.40 bits per heavy atom. The van der Waals surface area contributed by atoms with Crippen LogP contribution in [0.4, 0.5) is 0 Å². The third kappa shape index (κ3) is 3.70. The van der Waals surface area contributed by atoms with E-state index in [0.717, 1.165) is 11.3 Å². The second-order valence-electron chi connectivity index (χ2n) is 3.32. The Bertz CT molecular complexity index is 314. The lowest BCUT2D eigenvalue weighted by molar-refractivity contribution is 0.802. The molecule has 0 saturated heterocycles. The van der Waals surface area contributed by atoms with Crippen LogP contribution < -0.4 is 0 Å². The Hall–Kier alpha value is -1.37. The summed E-state index contributed by atoms with van der Waals surface area (Å²) in [5.41, 5.74) is 3.16. The molecule has 1 aliphatic rings. The summed E-state index contributed by atoms with van der Waals surface area (Å²) >= 11 is 0. The van der Waals surface area contributed by atoms with Crippen molar-refractivity contribution in [3.63, 3.8) is 0 Å². The van der Waals surface area contributed by atoms with Gasteiger partial charge in [0.05, 0.1) is 5.71 Å². The molecule has 0 amide bonds. The Labute approximate surface area is 93.6 Å². The maximum absolute atomic E-state index is 4.23. The topological polar surface area (TPSA) is 12.4 Å². The van der Waals surface area contributed by atoms with Gasteiger partial charge in [0.2, 0.25) is 0 Å². The Morgan fingerprint density at radius 2 is 1.93 bits per heavy atom. The van der Waals surface area contributed by atoms with Crippen LogP contribution in [0.2, 0.25) is 0 Å². The van der Waals surface area contributed by atoms with E-state index in [1.807, 2.05) is 26.0 Å². The van der Waals surface area contributed by atoms with E-state index in [1.54, 1.807) is 6.20 Å². The third-order valence-electron chi connectivity index (χ3n) is 1.99. The summed E-state index contributed by atoms with van der Waals surface area (Å²) < 4.78 is 0. The van der Waals surface area contributed by atoms with E-state index in [1.165, 1.54) is 5.57 Å². The lowest BCUT2D eigenvalue weighted by atomic mass is 9.90. The smallest absolute Gasteiger partial charge is 0.0730 e. The van der Waals surface area contributed by atoms with Crippen molar-refractivity contribution in [1.82, 2.24) is 0 Å². The van der Waals surface area contributed by atoms with Gasteiger partial charge in [0.25, 0.3) is 0 Å². The van der Waals surface area contributed by atoms with Crippen LogP contribution in [0.5, 0.6) is 0 Å². The van der Waals surface area contributed by atoms with Gasteiger partial charge in [-0.15, -0.1) is 0 Å². The molecule has 1 heteroatoms. The van der Waals surface area contributed by atoms with E-state index in [4.69, 9.17) is 0 Å². The number of hydrogen-bond donors (Lipinski definition) is 0. The Morgan fingerprint density at radius 1 is 1.33 bits per heavy atom. The fourth-order valence-corrected chi connectivity index (χ4v) is 1.33. The predicted molar refractivity (Wildman–Crippen MR) is 70.2 cm³/mol. The number of hydrogen-bond acceptors (Lipinski definition) is 1. The summed E-state index contributed by atoms with van der Waals surface area (Å²) in [6.45, 7) is 15.8. The van der Waals surface area contributed by atoms with Gasteiger partial charge in [0, 0.05) is 6.20 Å². The molecule has 0 fully saturated rings. The molecule has 0 heterocycles. The summed E-state index contributed by atoms with van der Waals surface area (Å²) in [4.78, 5) is 4.23. The first-order valence-corrected chi connectivity index (χ1v) is 5.43. The maximum Gasteiger partial charge on any atom is 0.0730 e. The predicted octanol–water partition coefficient (Wildman–Crippen LogP) is 4.31. The Kier molecular flexibility index (Phi) is 6.35. The molecule has 1 rings (SSSR count). The van der Waals surface area contributed by atoms with Crippen LogP contribution in [0.25, 0.3) is 0 Å². The summed E-state index contributed by atoms with van der Waals surface area (Å²) in [6.07, 6.45) is 7.63. The molecule has 0 aromatic carbocycles. The minimum absolute atomic E-state index is 0.473. The number of allylic oxidation sites excluding steroid dienone is 5. The van der Waals surface area contributed by atoms with E-state index >= 15 is 0 Å². The molecule has 0 bridgehead atoms. The molecule has 82 valence electrons. The monoisotopic (exact) mass is 203 g/mol. The first-order chi connectivity index (χ1) is 7.16. The quantitative estimate of drug-likeness (QED) is 0.634. The average Bonchev–Trinajstić information content (AvgIpc) is 2.24. The van der Waals surface area contributed by atoms with Gasteiger partial charge >= 0.3 is 0 Å². The van der Waals surface area contributed by atoms with Crippen molar-refractivity contribution in [2.45, 2.75) is 27.7 Å². The molecule has 0 atom stereocenters. The molecule has 0 radical (unpaired) electrons. The molecular formula is C14H21N. The van der Waals surface area contributed by atoms with Crippen LogP contribution in [0, 0.1) is 5.92 Å². The SMILES string of the molecule is C=CN=C1C(=C)C=CC=C1C(C)C.CC. The van der Waals surface area contributed by atoms with Crippen molar-refractivity contribution < 1.29 is 0 Å². The normalized spacial score (nSPS) is 17.3. The van der Waals surface area contributed by atoms with Gasteiger partial charge in [0.1, 0.15) is 0 Å². The third-order valence-corrected chi connectivity index (χ3v) is 1.99. The van der Waals surface area contributed by atoms with Crippen molar-refractivity contribution in [3.05, 3.63) is 48.7 Å². The van der Waals surface area contributed by atoms with Gasteiger partial charge in [-0.25, -0.2) is 0 Å². The summed E-state index contributed by atoms with van der Waals surface area (Å²) in [5, 5.41) is 0. The number of rotatable bonds is 2. The highest BCUT2D eigenvalue weighted by Gasteiger charge is 2.14. The summed E-state index contributed by atoms with van der Waals surface area (Å²) in [6, 6.07) is 0. The fourth-order valence-electron chi connectivity index (χ4n) is 1.33. The van der Waals surface area contributed by atoms with Crippen molar-refractivity contribution >= 4 is 5.71 Å². The average molecular weight is 203 g/mol. The standard InChI is InChI=1S/C12H15N.C2H6/c1-5-13-12-10(4)7-6-8-11(12)9(2)3;1-2/h5-9H,1,4H2,2-3H3;1-2H3. The highest BCUT2D eigenvalue weighted by molar-refractivity contribution is 6.15. The zero-order chi connectivity index (χ0) is 11.8. The van der Waals surface area contributed by atoms with E-state index in [2.05, 4.69) is 38.1 Å². The van der Waals surface area contributed by atoms with Crippen molar-refractivity contribution in [3.8, 4) is 0 Å². The van der Waals surface area contributed by atoms with Crippen molar-refractivity contribution in [2.24, 2.45) is 10.9 Å². The van der Waals surface area contributed by atoms with Gasteiger partial charge in [-0.3, -0.25) is 4.99 Å². The highest BCUT2D eigenvalue weighted by Crippen LogP contribution is 2.20. The molecule has 0 unspecified atom stereocenters. The first-order valence-electron chi connectivity index (χ1n) is 5.43. The van der Waals surface area contributed by atoms with E-state index in [-0.39, 0.29) is 0 Å². The van der Waals surface area contributed by atoms with E-state index in [9.17, 15) is 0 Å². The van der Waals surface area contributed by atoms with Crippen LogP contribution >= 0.6 is 0 Å². The van der Waals surface area contributed by atoms with Crippen LogP contribution in [-0.4, -0.2) is 5.71 Å². The van der Waals surface area contributed by atoms with Crippen LogP contribution in [0.1, 0.15) is 27.7 Å². The minimum atomic E-state index is 0.473. The molecule has 15 heavy (non-hydrogen) atoms. The van der Waals surface area contributed by atoms with Crippen LogP contribution in [-0.2, 0) is 0 Å². The highest BCUT2D eigenvalue weighted by atomic mass is 14.7. The number of nitrogens with zero attached hydrogens (tertiary/aromatic N) is 1.